The van der Waals surface area contributed by atoms with E-state index in [2.05, 4.69) is 43.7 Å². The molecule has 9 heteroatoms. The lowest BCUT2D eigenvalue weighted by molar-refractivity contribution is -0.121. The molecular weight excluding hydrogens is 422 g/mol. The van der Waals surface area contributed by atoms with Crippen LogP contribution in [0.15, 0.2) is 0 Å². The predicted molar refractivity (Wildman–Crippen MR) is 135 cm³/mol. The van der Waals surface area contributed by atoms with E-state index in [9.17, 15) is 4.79 Å². The number of carbonyl (C=O) groups is 1. The van der Waals surface area contributed by atoms with Crippen LogP contribution in [0, 0.1) is 0 Å². The second-order valence-corrected chi connectivity index (χ2v) is 10.4. The Kier molecular flexibility index (Phi) is 17.0. The first kappa shape index (κ1) is 27.4. The number of thioether (sulfide) groups is 3. The van der Waals surface area contributed by atoms with Crippen LogP contribution in [0.25, 0.3) is 0 Å². The predicted octanol–water partition coefficient (Wildman–Crippen LogP) is 1.04. The van der Waals surface area contributed by atoms with Crippen LogP contribution in [-0.4, -0.2) is 147 Å². The fourth-order valence-electron chi connectivity index (χ4n) is 3.35. The highest BCUT2D eigenvalue weighted by Gasteiger charge is 2.17. The van der Waals surface area contributed by atoms with Gasteiger partial charge in [0.05, 0.1) is 6.54 Å². The number of likely N-dealkylation sites (N-methyl/N-ethyl adjacent to an activating group) is 1. The maximum atomic E-state index is 12.0. The summed E-state index contributed by atoms with van der Waals surface area (Å²) >= 11 is 5.77. The second kappa shape index (κ2) is 18.0. The van der Waals surface area contributed by atoms with Crippen molar-refractivity contribution < 1.29 is 4.79 Å². The van der Waals surface area contributed by atoms with E-state index in [1.54, 1.807) is 7.05 Å². The standard InChI is InChI=1S/C20H43N5OS3/c1-21-20(26)19-25-11-9-23(14-17-28-3)7-5-22(13-16-27-2)6-8-24(10-12-25)15-18-29-4/h5-19H2,1-4H3,(H,21,26). The molecule has 1 N–H and O–H groups in total. The summed E-state index contributed by atoms with van der Waals surface area (Å²) in [6, 6.07) is 0. The zero-order valence-electron chi connectivity index (χ0n) is 19.0. The van der Waals surface area contributed by atoms with Crippen molar-refractivity contribution in [2.75, 3.05) is 122 Å². The van der Waals surface area contributed by atoms with Crippen molar-refractivity contribution >= 4 is 41.2 Å². The Balaban J connectivity index is 2.79. The molecule has 1 heterocycles. The molecule has 0 aliphatic carbocycles. The molecule has 0 saturated carbocycles. The van der Waals surface area contributed by atoms with Crippen molar-refractivity contribution in [2.24, 2.45) is 0 Å². The lowest BCUT2D eigenvalue weighted by Gasteiger charge is -2.34. The molecule has 0 radical (unpaired) electrons. The summed E-state index contributed by atoms with van der Waals surface area (Å²) in [5, 5.41) is 2.79. The molecule has 6 nitrogen and oxygen atoms in total. The van der Waals surface area contributed by atoms with Gasteiger partial charge >= 0.3 is 0 Å². The van der Waals surface area contributed by atoms with Crippen molar-refractivity contribution in [1.82, 2.24) is 24.9 Å². The van der Waals surface area contributed by atoms with Crippen molar-refractivity contribution in [3.8, 4) is 0 Å². The molecule has 0 spiro atoms. The lowest BCUT2D eigenvalue weighted by atomic mass is 10.3. The number of hydrogen-bond acceptors (Lipinski definition) is 8. The van der Waals surface area contributed by atoms with Crippen LogP contribution in [0.3, 0.4) is 0 Å². The average molecular weight is 466 g/mol. The van der Waals surface area contributed by atoms with Crippen LogP contribution in [0.4, 0.5) is 0 Å². The first-order chi connectivity index (χ1) is 14.1. The number of rotatable bonds is 11. The number of amides is 1. The molecule has 172 valence electrons. The van der Waals surface area contributed by atoms with Crippen LogP contribution < -0.4 is 5.32 Å². The van der Waals surface area contributed by atoms with Gasteiger partial charge in [-0.1, -0.05) is 0 Å². The van der Waals surface area contributed by atoms with E-state index in [0.29, 0.717) is 6.54 Å². The van der Waals surface area contributed by atoms with Crippen LogP contribution in [0.5, 0.6) is 0 Å². The molecule has 0 bridgehead atoms. The molecule has 0 aromatic heterocycles. The fourth-order valence-corrected chi connectivity index (χ4v) is 4.67. The Hall–Kier alpha value is 0.360. The molecule has 0 aromatic rings. The van der Waals surface area contributed by atoms with E-state index in [-0.39, 0.29) is 5.91 Å². The maximum absolute atomic E-state index is 12.0. The molecule has 1 aliphatic heterocycles. The van der Waals surface area contributed by atoms with Crippen LogP contribution >= 0.6 is 35.3 Å². The molecular formula is C20H43N5OS3. The maximum Gasteiger partial charge on any atom is 0.233 e. The van der Waals surface area contributed by atoms with Gasteiger partial charge < -0.3 is 5.32 Å². The first-order valence-corrected chi connectivity index (χ1v) is 14.9. The average Bonchev–Trinajstić information content (AvgIpc) is 2.73. The molecule has 1 rings (SSSR count). The minimum atomic E-state index is 0.117. The minimum absolute atomic E-state index is 0.117. The van der Waals surface area contributed by atoms with E-state index in [0.717, 1.165) is 65.4 Å². The number of carbonyl (C=O) groups excluding carboxylic acids is 1. The summed E-state index contributed by atoms with van der Waals surface area (Å²) in [4.78, 5) is 22.2. The third-order valence-electron chi connectivity index (χ3n) is 5.41. The first-order valence-electron chi connectivity index (χ1n) is 10.7. The van der Waals surface area contributed by atoms with Crippen molar-refractivity contribution in [1.29, 1.82) is 0 Å². The van der Waals surface area contributed by atoms with Crippen LogP contribution in [-0.2, 0) is 4.79 Å². The van der Waals surface area contributed by atoms with Crippen molar-refractivity contribution in [3.05, 3.63) is 0 Å². The van der Waals surface area contributed by atoms with Gasteiger partial charge in [0.25, 0.3) is 0 Å². The normalized spacial score (nSPS) is 19.6. The monoisotopic (exact) mass is 465 g/mol. The third kappa shape index (κ3) is 13.4. The molecule has 1 amide bonds. The Bertz CT molecular complexity index is 396. The van der Waals surface area contributed by atoms with Gasteiger partial charge in [-0.15, -0.1) is 0 Å². The highest BCUT2D eigenvalue weighted by Crippen LogP contribution is 2.05. The van der Waals surface area contributed by atoms with E-state index >= 15 is 0 Å². The Morgan fingerprint density at radius 1 is 0.655 bits per heavy atom. The summed E-state index contributed by atoms with van der Waals surface area (Å²) in [6.45, 7) is 12.5. The SMILES string of the molecule is CNC(=O)CN1CCN(CCSC)CCN(CCSC)CCN(CCSC)CC1. The van der Waals surface area contributed by atoms with Crippen molar-refractivity contribution in [3.63, 3.8) is 0 Å². The van der Waals surface area contributed by atoms with E-state index in [1.165, 1.54) is 23.8 Å². The van der Waals surface area contributed by atoms with Gasteiger partial charge in [0.15, 0.2) is 0 Å². The van der Waals surface area contributed by atoms with Gasteiger partial charge in [-0.25, -0.2) is 0 Å². The summed E-state index contributed by atoms with van der Waals surface area (Å²) in [5.41, 5.74) is 0. The van der Waals surface area contributed by atoms with Gasteiger partial charge in [-0.2, -0.15) is 35.3 Å². The lowest BCUT2D eigenvalue weighted by Crippen LogP contribution is -2.48. The molecule has 0 unspecified atom stereocenters. The highest BCUT2D eigenvalue weighted by molar-refractivity contribution is 7.99. The smallest absolute Gasteiger partial charge is 0.233 e. The van der Waals surface area contributed by atoms with E-state index in [4.69, 9.17) is 0 Å². The van der Waals surface area contributed by atoms with Gasteiger partial charge in [-0.05, 0) is 18.8 Å². The minimum Gasteiger partial charge on any atom is -0.358 e. The Morgan fingerprint density at radius 2 is 0.966 bits per heavy atom. The molecule has 0 aromatic carbocycles. The Morgan fingerprint density at radius 3 is 1.24 bits per heavy atom. The zero-order valence-corrected chi connectivity index (χ0v) is 21.5. The number of nitrogens with zero attached hydrogens (tertiary/aromatic N) is 4. The Labute approximate surface area is 192 Å². The van der Waals surface area contributed by atoms with Gasteiger partial charge in [0, 0.05) is 96.3 Å². The van der Waals surface area contributed by atoms with Gasteiger partial charge in [0.2, 0.25) is 5.91 Å². The summed E-state index contributed by atoms with van der Waals surface area (Å²) in [5.74, 6) is 3.66. The van der Waals surface area contributed by atoms with E-state index < -0.39 is 0 Å². The highest BCUT2D eigenvalue weighted by atomic mass is 32.2. The molecule has 1 aliphatic rings. The molecule has 1 saturated heterocycles. The zero-order chi connectivity index (χ0) is 21.3. The molecule has 29 heavy (non-hydrogen) atoms. The quantitative estimate of drug-likeness (QED) is 0.486. The van der Waals surface area contributed by atoms with Gasteiger partial charge in [0.1, 0.15) is 0 Å². The summed E-state index contributed by atoms with van der Waals surface area (Å²) in [7, 11) is 1.73. The summed E-state index contributed by atoms with van der Waals surface area (Å²) in [6.07, 6.45) is 6.57. The third-order valence-corrected chi connectivity index (χ3v) is 7.18. The van der Waals surface area contributed by atoms with Crippen molar-refractivity contribution in [2.45, 2.75) is 0 Å². The fraction of sp³-hybridized carbons (Fsp3) is 0.950. The van der Waals surface area contributed by atoms with Crippen LogP contribution in [0.2, 0.25) is 0 Å². The summed E-state index contributed by atoms with van der Waals surface area (Å²) < 4.78 is 0. The molecule has 1 fully saturated rings. The second-order valence-electron chi connectivity index (χ2n) is 7.45. The number of nitrogens with one attached hydrogen (secondary N) is 1. The van der Waals surface area contributed by atoms with E-state index in [1.807, 2.05) is 35.3 Å². The topological polar surface area (TPSA) is 42.1 Å². The van der Waals surface area contributed by atoms with Crippen LogP contribution in [0.1, 0.15) is 0 Å². The van der Waals surface area contributed by atoms with Gasteiger partial charge in [-0.3, -0.25) is 24.4 Å². The number of hydrogen-bond donors (Lipinski definition) is 1. The largest absolute Gasteiger partial charge is 0.358 e. The molecule has 0 atom stereocenters.